The van der Waals surface area contributed by atoms with E-state index in [0.29, 0.717) is 17.0 Å². The molecule has 0 aromatic heterocycles. The van der Waals surface area contributed by atoms with Crippen molar-refractivity contribution in [1.29, 1.82) is 0 Å². The molecular formula is C24H25N3O3S. The van der Waals surface area contributed by atoms with Gasteiger partial charge in [-0.2, -0.15) is 0 Å². The Bertz CT molecular complexity index is 1100. The molecule has 0 aliphatic carbocycles. The van der Waals surface area contributed by atoms with E-state index in [1.165, 1.54) is 17.7 Å². The molecule has 4 rings (SSSR count). The summed E-state index contributed by atoms with van der Waals surface area (Å²) in [5.41, 5.74) is 4.40. The molecule has 2 fully saturated rings. The molecular weight excluding hydrogens is 410 g/mol. The van der Waals surface area contributed by atoms with Gasteiger partial charge in [0, 0.05) is 30.4 Å². The van der Waals surface area contributed by atoms with E-state index >= 15 is 0 Å². The van der Waals surface area contributed by atoms with E-state index in [-0.39, 0.29) is 10.7 Å². The van der Waals surface area contributed by atoms with Crippen LogP contribution in [0.15, 0.2) is 42.0 Å². The topological polar surface area (TPSA) is 61.9 Å². The first-order chi connectivity index (χ1) is 14.9. The molecule has 0 radical (unpaired) electrons. The molecule has 160 valence electrons. The number of benzene rings is 2. The van der Waals surface area contributed by atoms with Crippen molar-refractivity contribution in [3.63, 3.8) is 0 Å². The van der Waals surface area contributed by atoms with Crippen molar-refractivity contribution in [2.45, 2.75) is 26.7 Å². The Morgan fingerprint density at radius 1 is 1.06 bits per heavy atom. The van der Waals surface area contributed by atoms with Gasteiger partial charge in [-0.3, -0.25) is 19.8 Å². The lowest BCUT2D eigenvalue weighted by molar-refractivity contribution is -0.122. The van der Waals surface area contributed by atoms with Crippen LogP contribution in [0.5, 0.6) is 5.75 Å². The van der Waals surface area contributed by atoms with E-state index in [2.05, 4.69) is 10.2 Å². The Kier molecular flexibility index (Phi) is 5.78. The molecule has 31 heavy (non-hydrogen) atoms. The number of amides is 2. The number of methoxy groups -OCH3 is 1. The first-order valence-electron chi connectivity index (χ1n) is 10.3. The molecule has 1 N–H and O–H groups in total. The van der Waals surface area contributed by atoms with Gasteiger partial charge in [0.05, 0.1) is 12.8 Å². The van der Waals surface area contributed by atoms with Crippen LogP contribution >= 0.6 is 12.2 Å². The third-order valence-electron chi connectivity index (χ3n) is 5.68. The summed E-state index contributed by atoms with van der Waals surface area (Å²) in [4.78, 5) is 29.7. The maximum Gasteiger partial charge on any atom is 0.270 e. The van der Waals surface area contributed by atoms with Crippen LogP contribution < -0.4 is 19.9 Å². The molecule has 2 aliphatic rings. The maximum atomic E-state index is 13.3. The number of hydrogen-bond acceptors (Lipinski definition) is 5. The zero-order valence-corrected chi connectivity index (χ0v) is 18.7. The monoisotopic (exact) mass is 435 g/mol. The first kappa shape index (κ1) is 21.1. The van der Waals surface area contributed by atoms with E-state index in [1.807, 2.05) is 50.2 Å². The van der Waals surface area contributed by atoms with Gasteiger partial charge in [-0.25, -0.2) is 0 Å². The Morgan fingerprint density at radius 3 is 2.48 bits per heavy atom. The average Bonchev–Trinajstić information content (AvgIpc) is 3.27. The number of rotatable bonds is 4. The van der Waals surface area contributed by atoms with Crippen molar-refractivity contribution in [3.05, 3.63) is 58.7 Å². The Morgan fingerprint density at radius 2 is 1.81 bits per heavy atom. The molecule has 2 amide bonds. The van der Waals surface area contributed by atoms with E-state index in [9.17, 15) is 9.59 Å². The largest absolute Gasteiger partial charge is 0.496 e. The van der Waals surface area contributed by atoms with Crippen LogP contribution in [-0.2, 0) is 9.59 Å². The summed E-state index contributed by atoms with van der Waals surface area (Å²) < 4.78 is 5.57. The van der Waals surface area contributed by atoms with Gasteiger partial charge in [-0.1, -0.05) is 17.7 Å². The summed E-state index contributed by atoms with van der Waals surface area (Å²) >= 11 is 5.32. The molecule has 2 heterocycles. The molecule has 2 saturated heterocycles. The molecule has 0 atom stereocenters. The van der Waals surface area contributed by atoms with Gasteiger partial charge in [0.2, 0.25) is 0 Å². The number of ether oxygens (including phenoxy) is 1. The number of anilines is 2. The summed E-state index contributed by atoms with van der Waals surface area (Å²) in [6, 6.07) is 11.6. The second-order valence-corrected chi connectivity index (χ2v) is 8.25. The molecule has 7 heteroatoms. The molecule has 0 spiro atoms. The van der Waals surface area contributed by atoms with Gasteiger partial charge in [-0.15, -0.1) is 0 Å². The number of carbonyl (C=O) groups is 2. The van der Waals surface area contributed by atoms with Gasteiger partial charge >= 0.3 is 0 Å². The first-order valence-corrected chi connectivity index (χ1v) is 10.7. The highest BCUT2D eigenvalue weighted by Crippen LogP contribution is 2.31. The highest BCUT2D eigenvalue weighted by Gasteiger charge is 2.35. The van der Waals surface area contributed by atoms with Gasteiger partial charge in [0.15, 0.2) is 5.11 Å². The lowest BCUT2D eigenvalue weighted by atomic mass is 10.0. The van der Waals surface area contributed by atoms with Gasteiger partial charge in [0.1, 0.15) is 11.3 Å². The van der Waals surface area contributed by atoms with Crippen molar-refractivity contribution in [3.8, 4) is 5.75 Å². The summed E-state index contributed by atoms with van der Waals surface area (Å²) in [5.74, 6) is -0.350. The van der Waals surface area contributed by atoms with Crippen molar-refractivity contribution < 1.29 is 14.3 Å². The molecule has 0 bridgehead atoms. The molecule has 2 aromatic carbocycles. The fourth-order valence-electron chi connectivity index (χ4n) is 4.08. The smallest absolute Gasteiger partial charge is 0.270 e. The van der Waals surface area contributed by atoms with E-state index in [0.717, 1.165) is 29.9 Å². The lowest BCUT2D eigenvalue weighted by Gasteiger charge is -2.30. The number of thiocarbonyl (C=S) groups is 1. The van der Waals surface area contributed by atoms with Crippen molar-refractivity contribution >= 4 is 46.6 Å². The molecule has 2 aliphatic heterocycles. The molecule has 0 saturated carbocycles. The van der Waals surface area contributed by atoms with E-state index in [1.54, 1.807) is 13.2 Å². The highest BCUT2D eigenvalue weighted by molar-refractivity contribution is 7.80. The van der Waals surface area contributed by atoms with Crippen LogP contribution in [0.1, 0.15) is 29.5 Å². The normalized spacial score (nSPS) is 18.0. The Hall–Kier alpha value is -3.19. The average molecular weight is 436 g/mol. The minimum Gasteiger partial charge on any atom is -0.496 e. The third-order valence-corrected chi connectivity index (χ3v) is 5.97. The van der Waals surface area contributed by atoms with E-state index in [4.69, 9.17) is 17.0 Å². The predicted molar refractivity (Wildman–Crippen MR) is 127 cm³/mol. The van der Waals surface area contributed by atoms with Crippen LogP contribution in [0, 0.1) is 13.8 Å². The number of nitrogens with zero attached hydrogens (tertiary/aromatic N) is 2. The van der Waals surface area contributed by atoms with E-state index < -0.39 is 11.8 Å². The van der Waals surface area contributed by atoms with Crippen LogP contribution in [0.25, 0.3) is 6.08 Å². The van der Waals surface area contributed by atoms with Gasteiger partial charge < -0.3 is 9.64 Å². The van der Waals surface area contributed by atoms with Gasteiger partial charge in [-0.05, 0) is 68.7 Å². The second-order valence-electron chi connectivity index (χ2n) is 7.87. The van der Waals surface area contributed by atoms with Crippen LogP contribution in [-0.4, -0.2) is 37.1 Å². The SMILES string of the molecule is COc1cc(N2CCCC2)ccc1C=C1C(=O)NC(=S)N(c2ccc(C)cc2C)C1=O. The highest BCUT2D eigenvalue weighted by atomic mass is 32.1. The number of aryl methyl sites for hydroxylation is 2. The zero-order chi connectivity index (χ0) is 22.1. The number of hydrogen-bond donors (Lipinski definition) is 1. The minimum atomic E-state index is -0.512. The minimum absolute atomic E-state index is 0.0146. The van der Waals surface area contributed by atoms with Crippen LogP contribution in [0.2, 0.25) is 0 Å². The fourth-order valence-corrected chi connectivity index (χ4v) is 4.35. The predicted octanol–water partition coefficient (Wildman–Crippen LogP) is 3.74. The summed E-state index contributed by atoms with van der Waals surface area (Å²) in [5, 5.41) is 2.72. The summed E-state index contributed by atoms with van der Waals surface area (Å²) in [6.07, 6.45) is 3.93. The maximum absolute atomic E-state index is 13.3. The lowest BCUT2D eigenvalue weighted by Crippen LogP contribution is -2.54. The Balaban J connectivity index is 1.71. The Labute approximate surface area is 187 Å². The quantitative estimate of drug-likeness (QED) is 0.450. The third kappa shape index (κ3) is 4.05. The number of carbonyl (C=O) groups excluding carboxylic acids is 2. The standard InChI is InChI=1S/C24H25N3O3S/c1-15-6-9-20(16(2)12-15)27-23(29)19(22(28)25-24(27)31)13-17-7-8-18(14-21(17)30-3)26-10-4-5-11-26/h6-9,12-14H,4-5,10-11H2,1-3H3,(H,25,28,31). The van der Waals surface area contributed by atoms with Crippen LogP contribution in [0.3, 0.4) is 0 Å². The fraction of sp³-hybridized carbons (Fsp3) is 0.292. The second kappa shape index (κ2) is 8.51. The summed E-state index contributed by atoms with van der Waals surface area (Å²) in [7, 11) is 1.59. The van der Waals surface area contributed by atoms with Gasteiger partial charge in [0.25, 0.3) is 11.8 Å². The van der Waals surface area contributed by atoms with Crippen molar-refractivity contribution in [2.24, 2.45) is 0 Å². The van der Waals surface area contributed by atoms with Crippen molar-refractivity contribution in [2.75, 3.05) is 30.0 Å². The summed E-state index contributed by atoms with van der Waals surface area (Å²) in [6.45, 7) is 5.94. The number of nitrogens with one attached hydrogen (secondary N) is 1. The van der Waals surface area contributed by atoms with Crippen LogP contribution in [0.4, 0.5) is 11.4 Å². The molecule has 0 unspecified atom stereocenters. The zero-order valence-electron chi connectivity index (χ0n) is 17.9. The molecule has 6 nitrogen and oxygen atoms in total. The van der Waals surface area contributed by atoms with Crippen molar-refractivity contribution in [1.82, 2.24) is 5.32 Å². The molecule has 2 aromatic rings.